The Kier molecular flexibility index (Phi) is 2.79. The molecule has 6 heteroatoms. The van der Waals surface area contributed by atoms with Gasteiger partial charge in [0.15, 0.2) is 29.0 Å². The summed E-state index contributed by atoms with van der Waals surface area (Å²) < 4.78 is 43.8. The highest BCUT2D eigenvalue weighted by Crippen LogP contribution is 2.30. The third-order valence-electron chi connectivity index (χ3n) is 2.42. The highest BCUT2D eigenvalue weighted by Gasteiger charge is 2.18. The molecule has 0 aliphatic rings. The molecule has 0 saturated carbocycles. The van der Waals surface area contributed by atoms with Gasteiger partial charge in [0.05, 0.1) is 0 Å². The number of anilines is 1. The molecule has 1 aromatic heterocycles. The average molecular weight is 242 g/mol. The standard InChI is InChI=1S/C11H9F3N2O/c1-2-6-10(17-16-11(6)15)5-3-7(12)9(14)8(13)4-5/h3-4H,2H2,1H3,(H2,15,16). The minimum absolute atomic E-state index is 0.0717. The number of halogens is 3. The molecule has 3 nitrogen and oxygen atoms in total. The first-order valence-electron chi connectivity index (χ1n) is 4.93. The Morgan fingerprint density at radius 3 is 2.35 bits per heavy atom. The third-order valence-corrected chi connectivity index (χ3v) is 2.42. The van der Waals surface area contributed by atoms with E-state index in [2.05, 4.69) is 5.16 Å². The molecule has 1 heterocycles. The van der Waals surface area contributed by atoms with Crippen molar-refractivity contribution in [1.29, 1.82) is 0 Å². The van der Waals surface area contributed by atoms with Crippen LogP contribution < -0.4 is 5.73 Å². The van der Waals surface area contributed by atoms with Crippen LogP contribution in [0.1, 0.15) is 12.5 Å². The molecule has 0 radical (unpaired) electrons. The van der Waals surface area contributed by atoms with Crippen LogP contribution in [0, 0.1) is 17.5 Å². The number of nitrogens with zero attached hydrogens (tertiary/aromatic N) is 1. The van der Waals surface area contributed by atoms with Crippen molar-refractivity contribution in [1.82, 2.24) is 5.16 Å². The van der Waals surface area contributed by atoms with Gasteiger partial charge in [-0.05, 0) is 18.6 Å². The van der Waals surface area contributed by atoms with E-state index in [1.165, 1.54) is 0 Å². The van der Waals surface area contributed by atoms with Crippen molar-refractivity contribution in [3.63, 3.8) is 0 Å². The molecular formula is C11H9F3N2O. The van der Waals surface area contributed by atoms with E-state index in [4.69, 9.17) is 10.3 Å². The normalized spacial score (nSPS) is 10.8. The molecule has 0 bridgehead atoms. The van der Waals surface area contributed by atoms with Crippen LogP contribution in [0.2, 0.25) is 0 Å². The third kappa shape index (κ3) is 1.86. The molecule has 0 spiro atoms. The van der Waals surface area contributed by atoms with Gasteiger partial charge >= 0.3 is 0 Å². The Hall–Kier alpha value is -1.98. The monoisotopic (exact) mass is 242 g/mol. The van der Waals surface area contributed by atoms with Gasteiger partial charge in [0, 0.05) is 11.1 Å². The number of nitrogen functional groups attached to an aromatic ring is 1. The maximum atomic E-state index is 13.1. The fraction of sp³-hybridized carbons (Fsp3) is 0.182. The predicted molar refractivity (Wildman–Crippen MR) is 55.6 cm³/mol. The lowest BCUT2D eigenvalue weighted by Gasteiger charge is -2.01. The Morgan fingerprint density at radius 1 is 1.24 bits per heavy atom. The lowest BCUT2D eigenvalue weighted by molar-refractivity contribution is 0.429. The summed E-state index contributed by atoms with van der Waals surface area (Å²) in [5.74, 6) is -3.76. The second-order valence-corrected chi connectivity index (χ2v) is 3.48. The molecule has 0 atom stereocenters. The maximum absolute atomic E-state index is 13.1. The summed E-state index contributed by atoms with van der Waals surface area (Å²) in [7, 11) is 0. The van der Waals surface area contributed by atoms with Gasteiger partial charge in [-0.25, -0.2) is 13.2 Å². The van der Waals surface area contributed by atoms with Gasteiger partial charge in [0.1, 0.15) is 0 Å². The van der Waals surface area contributed by atoms with Gasteiger partial charge in [0.2, 0.25) is 0 Å². The van der Waals surface area contributed by atoms with Crippen molar-refractivity contribution in [3.8, 4) is 11.3 Å². The van der Waals surface area contributed by atoms with Crippen molar-refractivity contribution in [2.24, 2.45) is 0 Å². The van der Waals surface area contributed by atoms with Crippen LogP contribution in [0.15, 0.2) is 16.7 Å². The SMILES string of the molecule is CCc1c(N)noc1-c1cc(F)c(F)c(F)c1. The Labute approximate surface area is 95.0 Å². The van der Waals surface area contributed by atoms with E-state index >= 15 is 0 Å². The first-order valence-corrected chi connectivity index (χ1v) is 4.93. The molecule has 0 saturated heterocycles. The molecule has 0 aliphatic carbocycles. The quantitative estimate of drug-likeness (QED) is 0.824. The molecule has 0 unspecified atom stereocenters. The van der Waals surface area contributed by atoms with Crippen molar-refractivity contribution in [3.05, 3.63) is 35.1 Å². The van der Waals surface area contributed by atoms with Crippen LogP contribution in [-0.4, -0.2) is 5.16 Å². The second kappa shape index (κ2) is 4.12. The molecule has 2 aromatic rings. The Bertz CT molecular complexity index is 543. The van der Waals surface area contributed by atoms with Crippen LogP contribution >= 0.6 is 0 Å². The first kappa shape index (κ1) is 11.5. The maximum Gasteiger partial charge on any atom is 0.194 e. The molecular weight excluding hydrogens is 233 g/mol. The largest absolute Gasteiger partial charge is 0.381 e. The van der Waals surface area contributed by atoms with E-state index in [9.17, 15) is 13.2 Å². The lowest BCUT2D eigenvalue weighted by Crippen LogP contribution is -1.94. The molecule has 17 heavy (non-hydrogen) atoms. The number of nitrogens with two attached hydrogens (primary N) is 1. The minimum atomic E-state index is -1.51. The topological polar surface area (TPSA) is 52.0 Å². The van der Waals surface area contributed by atoms with Crippen molar-refractivity contribution >= 4 is 5.82 Å². The second-order valence-electron chi connectivity index (χ2n) is 3.48. The summed E-state index contributed by atoms with van der Waals surface area (Å²) in [6.45, 7) is 1.79. The Morgan fingerprint density at radius 2 is 1.82 bits per heavy atom. The highest BCUT2D eigenvalue weighted by molar-refractivity contribution is 5.66. The molecule has 90 valence electrons. The lowest BCUT2D eigenvalue weighted by atomic mass is 10.1. The molecule has 0 aliphatic heterocycles. The van der Waals surface area contributed by atoms with Gasteiger partial charge in [0.25, 0.3) is 0 Å². The molecule has 0 fully saturated rings. The van der Waals surface area contributed by atoms with Crippen molar-refractivity contribution in [2.45, 2.75) is 13.3 Å². The average Bonchev–Trinajstić information content (AvgIpc) is 2.66. The summed E-state index contributed by atoms with van der Waals surface area (Å²) in [4.78, 5) is 0. The van der Waals surface area contributed by atoms with E-state index < -0.39 is 17.5 Å². The summed E-state index contributed by atoms with van der Waals surface area (Å²) >= 11 is 0. The number of aromatic nitrogens is 1. The van der Waals surface area contributed by atoms with Gasteiger partial charge in [-0.1, -0.05) is 12.1 Å². The summed E-state index contributed by atoms with van der Waals surface area (Å²) in [6, 6.07) is 1.69. The van der Waals surface area contributed by atoms with Gasteiger partial charge in [-0.3, -0.25) is 0 Å². The van der Waals surface area contributed by atoms with E-state index in [0.29, 0.717) is 12.0 Å². The van der Waals surface area contributed by atoms with Crippen LogP contribution in [0.3, 0.4) is 0 Å². The fourth-order valence-corrected chi connectivity index (χ4v) is 1.58. The highest BCUT2D eigenvalue weighted by atomic mass is 19.2. The van der Waals surface area contributed by atoms with E-state index in [1.54, 1.807) is 6.92 Å². The van der Waals surface area contributed by atoms with Gasteiger partial charge in [-0.2, -0.15) is 0 Å². The summed E-state index contributed by atoms with van der Waals surface area (Å²) in [5.41, 5.74) is 6.14. The summed E-state index contributed by atoms with van der Waals surface area (Å²) in [5, 5.41) is 3.51. The first-order chi connectivity index (χ1) is 8.04. The molecule has 2 N–H and O–H groups in total. The zero-order chi connectivity index (χ0) is 12.6. The van der Waals surface area contributed by atoms with Crippen LogP contribution in [0.5, 0.6) is 0 Å². The minimum Gasteiger partial charge on any atom is -0.381 e. The van der Waals surface area contributed by atoms with E-state index in [0.717, 1.165) is 12.1 Å². The zero-order valence-electron chi connectivity index (χ0n) is 8.93. The van der Waals surface area contributed by atoms with E-state index in [-0.39, 0.29) is 17.1 Å². The van der Waals surface area contributed by atoms with Crippen molar-refractivity contribution in [2.75, 3.05) is 5.73 Å². The van der Waals surface area contributed by atoms with Crippen LogP contribution in [0.4, 0.5) is 19.0 Å². The number of rotatable bonds is 2. The van der Waals surface area contributed by atoms with Crippen LogP contribution in [-0.2, 0) is 6.42 Å². The Balaban J connectivity index is 2.61. The van der Waals surface area contributed by atoms with Gasteiger partial charge in [-0.15, -0.1) is 0 Å². The smallest absolute Gasteiger partial charge is 0.194 e. The molecule has 1 aromatic carbocycles. The van der Waals surface area contributed by atoms with Gasteiger partial charge < -0.3 is 10.3 Å². The molecule has 0 amide bonds. The molecule has 2 rings (SSSR count). The van der Waals surface area contributed by atoms with Crippen LogP contribution in [0.25, 0.3) is 11.3 Å². The van der Waals surface area contributed by atoms with E-state index in [1.807, 2.05) is 0 Å². The summed E-state index contributed by atoms with van der Waals surface area (Å²) in [6.07, 6.45) is 0.491. The number of hydrogen-bond donors (Lipinski definition) is 1. The predicted octanol–water partition coefficient (Wildman–Crippen LogP) is 2.90. The fourth-order valence-electron chi connectivity index (χ4n) is 1.58. The zero-order valence-corrected chi connectivity index (χ0v) is 8.93. The number of hydrogen-bond acceptors (Lipinski definition) is 3. The van der Waals surface area contributed by atoms with Crippen molar-refractivity contribution < 1.29 is 17.7 Å². The number of benzene rings is 1.